The Bertz CT molecular complexity index is 464. The van der Waals surface area contributed by atoms with Crippen molar-refractivity contribution in [3.8, 4) is 0 Å². The summed E-state index contributed by atoms with van der Waals surface area (Å²) in [7, 11) is 2.08. The van der Waals surface area contributed by atoms with Gasteiger partial charge in [0.25, 0.3) is 5.91 Å². The Hall–Kier alpha value is -1.26. The summed E-state index contributed by atoms with van der Waals surface area (Å²) in [5.74, 6) is 0.0249. The smallest absolute Gasteiger partial charge is 0.254 e. The van der Waals surface area contributed by atoms with Crippen LogP contribution in [0.5, 0.6) is 0 Å². The van der Waals surface area contributed by atoms with Crippen LogP contribution in [0, 0.1) is 0 Å². The summed E-state index contributed by atoms with van der Waals surface area (Å²) in [6.45, 7) is 4.52. The molecular formula is C13H18ClN3O. The number of nitrogens with zero attached hydrogens (tertiary/aromatic N) is 2. The highest BCUT2D eigenvalue weighted by atomic mass is 35.5. The first-order chi connectivity index (χ1) is 8.49. The fourth-order valence-corrected chi connectivity index (χ4v) is 2.26. The maximum absolute atomic E-state index is 12.3. The Balaban J connectivity index is 2.14. The Morgan fingerprint density at radius 2 is 2.17 bits per heavy atom. The number of nitrogens with two attached hydrogens (primary N) is 1. The Labute approximate surface area is 112 Å². The molecule has 1 saturated heterocycles. The van der Waals surface area contributed by atoms with Crippen LogP contribution in [0.15, 0.2) is 18.2 Å². The number of amides is 1. The molecule has 1 heterocycles. The van der Waals surface area contributed by atoms with E-state index in [1.165, 1.54) is 0 Å². The van der Waals surface area contributed by atoms with Crippen molar-refractivity contribution in [1.82, 2.24) is 9.80 Å². The molecule has 4 nitrogen and oxygen atoms in total. The fraction of sp³-hybridized carbons (Fsp3) is 0.462. The lowest BCUT2D eigenvalue weighted by molar-refractivity contribution is 0.0572. The summed E-state index contributed by atoms with van der Waals surface area (Å²) in [5.41, 5.74) is 6.75. The normalized spacial score (nSPS) is 21.1. The van der Waals surface area contributed by atoms with Crippen molar-refractivity contribution < 1.29 is 4.79 Å². The second kappa shape index (κ2) is 5.16. The van der Waals surface area contributed by atoms with E-state index in [4.69, 9.17) is 17.3 Å². The predicted octanol–water partition coefficient (Wildman–Crippen LogP) is 1.70. The Morgan fingerprint density at radius 3 is 2.78 bits per heavy atom. The highest BCUT2D eigenvalue weighted by Gasteiger charge is 2.25. The molecule has 2 N–H and O–H groups in total. The third-order valence-corrected chi connectivity index (χ3v) is 3.82. The lowest BCUT2D eigenvalue weighted by Crippen LogP contribution is -2.52. The molecule has 1 aromatic rings. The molecule has 0 bridgehead atoms. The van der Waals surface area contributed by atoms with Gasteiger partial charge in [-0.25, -0.2) is 0 Å². The van der Waals surface area contributed by atoms with Gasteiger partial charge in [0, 0.05) is 31.2 Å². The molecule has 1 aliphatic heterocycles. The van der Waals surface area contributed by atoms with E-state index in [2.05, 4.69) is 18.9 Å². The predicted molar refractivity (Wildman–Crippen MR) is 73.9 cm³/mol. The summed E-state index contributed by atoms with van der Waals surface area (Å²) in [5, 5.41) is 0.433. The van der Waals surface area contributed by atoms with E-state index < -0.39 is 0 Å². The summed E-state index contributed by atoms with van der Waals surface area (Å²) < 4.78 is 0. The van der Waals surface area contributed by atoms with Crippen LogP contribution in [0.2, 0.25) is 5.02 Å². The van der Waals surface area contributed by atoms with Crippen molar-refractivity contribution in [2.45, 2.75) is 13.0 Å². The van der Waals surface area contributed by atoms with Crippen molar-refractivity contribution in [1.29, 1.82) is 0 Å². The van der Waals surface area contributed by atoms with Crippen molar-refractivity contribution in [2.24, 2.45) is 0 Å². The van der Waals surface area contributed by atoms with Crippen LogP contribution in [0.4, 0.5) is 5.69 Å². The van der Waals surface area contributed by atoms with E-state index in [1.54, 1.807) is 18.2 Å². The van der Waals surface area contributed by atoms with Gasteiger partial charge in [-0.3, -0.25) is 4.79 Å². The Kier molecular flexibility index (Phi) is 3.78. The van der Waals surface area contributed by atoms with Gasteiger partial charge in [0.15, 0.2) is 0 Å². The molecule has 1 fully saturated rings. The number of halogens is 1. The minimum absolute atomic E-state index is 0.0249. The van der Waals surface area contributed by atoms with Gasteiger partial charge in [0.1, 0.15) is 0 Å². The van der Waals surface area contributed by atoms with Gasteiger partial charge in [-0.1, -0.05) is 11.6 Å². The number of piperazine rings is 1. The van der Waals surface area contributed by atoms with Crippen LogP contribution in [-0.2, 0) is 0 Å². The molecule has 1 amide bonds. The molecule has 5 heteroatoms. The third kappa shape index (κ3) is 2.60. The number of nitrogen functional groups attached to an aromatic ring is 1. The monoisotopic (exact) mass is 267 g/mol. The van der Waals surface area contributed by atoms with Gasteiger partial charge >= 0.3 is 0 Å². The van der Waals surface area contributed by atoms with Crippen LogP contribution >= 0.6 is 11.6 Å². The molecule has 1 atom stereocenters. The van der Waals surface area contributed by atoms with Gasteiger partial charge in [0.2, 0.25) is 0 Å². The van der Waals surface area contributed by atoms with Crippen LogP contribution in [0.3, 0.4) is 0 Å². The molecule has 0 aromatic heterocycles. The SMILES string of the molecule is CC1CN(C(=O)c2ccc(N)c(Cl)c2)CCN1C. The van der Waals surface area contributed by atoms with E-state index >= 15 is 0 Å². The summed E-state index contributed by atoms with van der Waals surface area (Å²) in [6, 6.07) is 5.43. The number of carbonyl (C=O) groups excluding carboxylic acids is 1. The van der Waals surface area contributed by atoms with E-state index in [-0.39, 0.29) is 5.91 Å². The maximum Gasteiger partial charge on any atom is 0.254 e. The van der Waals surface area contributed by atoms with Gasteiger partial charge < -0.3 is 15.5 Å². The molecule has 1 aliphatic rings. The standard InChI is InChI=1S/C13H18ClN3O/c1-9-8-17(6-5-16(9)2)13(18)10-3-4-12(15)11(14)7-10/h3-4,7,9H,5-6,8,15H2,1-2H3. The molecule has 18 heavy (non-hydrogen) atoms. The average Bonchev–Trinajstić information content (AvgIpc) is 2.35. The number of rotatable bonds is 1. The molecule has 0 spiro atoms. The van der Waals surface area contributed by atoms with Gasteiger partial charge in [-0.2, -0.15) is 0 Å². The van der Waals surface area contributed by atoms with E-state index in [1.807, 2.05) is 4.90 Å². The highest BCUT2D eigenvalue weighted by molar-refractivity contribution is 6.33. The van der Waals surface area contributed by atoms with E-state index in [0.29, 0.717) is 22.3 Å². The van der Waals surface area contributed by atoms with Crippen molar-refractivity contribution in [2.75, 3.05) is 32.4 Å². The van der Waals surface area contributed by atoms with Crippen LogP contribution in [0.1, 0.15) is 17.3 Å². The number of anilines is 1. The van der Waals surface area contributed by atoms with Gasteiger partial charge in [-0.05, 0) is 32.2 Å². The topological polar surface area (TPSA) is 49.6 Å². The zero-order valence-electron chi connectivity index (χ0n) is 10.7. The number of hydrogen-bond donors (Lipinski definition) is 1. The Morgan fingerprint density at radius 1 is 1.44 bits per heavy atom. The van der Waals surface area contributed by atoms with Crippen LogP contribution in [-0.4, -0.2) is 48.4 Å². The lowest BCUT2D eigenvalue weighted by Gasteiger charge is -2.37. The van der Waals surface area contributed by atoms with E-state index in [9.17, 15) is 4.79 Å². The first-order valence-corrected chi connectivity index (χ1v) is 6.41. The lowest BCUT2D eigenvalue weighted by atomic mass is 10.1. The molecular weight excluding hydrogens is 250 g/mol. The molecule has 2 rings (SSSR count). The van der Waals surface area contributed by atoms with Crippen LogP contribution in [0.25, 0.3) is 0 Å². The fourth-order valence-electron chi connectivity index (χ4n) is 2.08. The minimum atomic E-state index is 0.0249. The van der Waals surface area contributed by atoms with E-state index in [0.717, 1.165) is 19.6 Å². The molecule has 0 radical (unpaired) electrons. The number of benzene rings is 1. The van der Waals surface area contributed by atoms with Crippen LogP contribution < -0.4 is 5.73 Å². The molecule has 0 aliphatic carbocycles. The molecule has 98 valence electrons. The summed E-state index contributed by atoms with van der Waals surface area (Å²) in [6.07, 6.45) is 0. The highest BCUT2D eigenvalue weighted by Crippen LogP contribution is 2.21. The first kappa shape index (κ1) is 13.2. The summed E-state index contributed by atoms with van der Waals surface area (Å²) in [4.78, 5) is 16.4. The molecule has 1 unspecified atom stereocenters. The van der Waals surface area contributed by atoms with Gasteiger partial charge in [-0.15, -0.1) is 0 Å². The summed E-state index contributed by atoms with van der Waals surface area (Å²) >= 11 is 5.94. The minimum Gasteiger partial charge on any atom is -0.398 e. The quantitative estimate of drug-likeness (QED) is 0.788. The third-order valence-electron chi connectivity index (χ3n) is 3.49. The second-order valence-electron chi connectivity index (χ2n) is 4.82. The molecule has 0 saturated carbocycles. The van der Waals surface area contributed by atoms with Crippen molar-refractivity contribution >= 4 is 23.2 Å². The number of carbonyl (C=O) groups is 1. The second-order valence-corrected chi connectivity index (χ2v) is 5.22. The number of hydrogen-bond acceptors (Lipinski definition) is 3. The van der Waals surface area contributed by atoms with Gasteiger partial charge in [0.05, 0.1) is 10.7 Å². The zero-order valence-corrected chi connectivity index (χ0v) is 11.4. The van der Waals surface area contributed by atoms with Crippen molar-refractivity contribution in [3.05, 3.63) is 28.8 Å². The zero-order chi connectivity index (χ0) is 13.3. The maximum atomic E-state index is 12.3. The average molecular weight is 268 g/mol. The first-order valence-electron chi connectivity index (χ1n) is 6.03. The number of likely N-dealkylation sites (N-methyl/N-ethyl adjacent to an activating group) is 1. The largest absolute Gasteiger partial charge is 0.398 e. The molecule has 1 aromatic carbocycles. The van der Waals surface area contributed by atoms with Crippen molar-refractivity contribution in [3.63, 3.8) is 0 Å².